The molecule has 8 heteroatoms. The zero-order chi connectivity index (χ0) is 20.3. The smallest absolute Gasteiger partial charge is 0.325 e. The Hall–Kier alpha value is -1.96. The number of hydrogen-bond donors (Lipinski definition) is 2. The second kappa shape index (κ2) is 12.4. The van der Waals surface area contributed by atoms with Crippen LogP contribution in [0.4, 0.5) is 0 Å². The van der Waals surface area contributed by atoms with E-state index < -0.39 is 12.0 Å². The molecule has 0 aliphatic carbocycles. The molecule has 8 nitrogen and oxygen atoms in total. The van der Waals surface area contributed by atoms with Crippen LogP contribution in [-0.2, 0) is 19.2 Å². The summed E-state index contributed by atoms with van der Waals surface area (Å²) in [5.74, 6) is -1.37. The number of likely N-dealkylation sites (tertiary alicyclic amines) is 1. The average Bonchev–Trinajstić information content (AvgIpc) is 2.86. The summed E-state index contributed by atoms with van der Waals surface area (Å²) < 4.78 is 0. The van der Waals surface area contributed by atoms with Gasteiger partial charge in [0.1, 0.15) is 6.04 Å². The lowest BCUT2D eigenvalue weighted by Gasteiger charge is -2.24. The summed E-state index contributed by atoms with van der Waals surface area (Å²) in [5, 5.41) is 11.1. The Morgan fingerprint density at radius 2 is 1.77 bits per heavy atom. The molecule has 1 fully saturated rings. The van der Waals surface area contributed by atoms with Crippen LogP contribution in [0.1, 0.15) is 60.7 Å². The first kappa shape index (κ1) is 24.0. The number of hydrogen-bond acceptors (Lipinski definition) is 5. The quantitative estimate of drug-likeness (QED) is 0.468. The molecule has 0 bridgehead atoms. The molecule has 26 heavy (non-hydrogen) atoms. The van der Waals surface area contributed by atoms with Gasteiger partial charge in [-0.3, -0.25) is 29.0 Å². The summed E-state index contributed by atoms with van der Waals surface area (Å²) in [6.07, 6.45) is 5.42. The van der Waals surface area contributed by atoms with Gasteiger partial charge in [0, 0.05) is 27.4 Å². The number of carbonyl (C=O) groups excluding carboxylic acids is 3. The maximum absolute atomic E-state index is 11.6. The molecule has 2 unspecified atom stereocenters. The minimum atomic E-state index is -1.01. The third kappa shape index (κ3) is 9.50. The van der Waals surface area contributed by atoms with Gasteiger partial charge >= 0.3 is 5.97 Å². The van der Waals surface area contributed by atoms with Crippen molar-refractivity contribution in [3.05, 3.63) is 0 Å². The first-order valence-corrected chi connectivity index (χ1v) is 9.11. The lowest BCUT2D eigenvalue weighted by atomic mass is 10.1. The molecule has 0 aromatic heterocycles. The molecule has 2 atom stereocenters. The van der Waals surface area contributed by atoms with Gasteiger partial charge in [-0.15, -0.1) is 0 Å². The number of rotatable bonds is 9. The lowest BCUT2D eigenvalue weighted by Crippen LogP contribution is -2.45. The van der Waals surface area contributed by atoms with E-state index in [-0.39, 0.29) is 25.7 Å². The predicted molar refractivity (Wildman–Crippen MR) is 101 cm³/mol. The van der Waals surface area contributed by atoms with Crippen molar-refractivity contribution in [1.29, 1.82) is 0 Å². The van der Waals surface area contributed by atoms with Crippen molar-refractivity contribution in [2.75, 3.05) is 20.6 Å². The van der Waals surface area contributed by atoms with Gasteiger partial charge in [0.2, 0.25) is 17.7 Å². The molecule has 152 valence electrons. The van der Waals surface area contributed by atoms with Crippen LogP contribution < -0.4 is 5.32 Å². The zero-order valence-corrected chi connectivity index (χ0v) is 16.6. The maximum atomic E-state index is 11.6. The van der Waals surface area contributed by atoms with Crippen molar-refractivity contribution in [2.45, 2.75) is 71.4 Å². The van der Waals surface area contributed by atoms with E-state index in [1.165, 1.54) is 31.7 Å². The van der Waals surface area contributed by atoms with E-state index in [0.717, 1.165) is 12.8 Å². The Balaban J connectivity index is 0. The normalized spacial score (nSPS) is 16.2. The van der Waals surface area contributed by atoms with Gasteiger partial charge in [-0.1, -0.05) is 26.2 Å². The van der Waals surface area contributed by atoms with Crippen LogP contribution in [0, 0.1) is 0 Å². The molecule has 0 spiro atoms. The number of carboxylic acids is 1. The van der Waals surface area contributed by atoms with E-state index in [0.29, 0.717) is 18.9 Å². The summed E-state index contributed by atoms with van der Waals surface area (Å²) in [6.45, 7) is 5.95. The highest BCUT2D eigenvalue weighted by molar-refractivity contribution is 6.01. The summed E-state index contributed by atoms with van der Waals surface area (Å²) in [5.41, 5.74) is 0. The SMILES string of the molecule is CCCCCC(C)N(C)CC(=O)NC(C)C(=O)O.CN1C(=O)CCC1=O.[HH]. The third-order valence-corrected chi connectivity index (χ3v) is 4.42. The highest BCUT2D eigenvalue weighted by Crippen LogP contribution is 2.08. The molecule has 1 aliphatic heterocycles. The van der Waals surface area contributed by atoms with Crippen molar-refractivity contribution in [3.8, 4) is 0 Å². The number of nitrogens with zero attached hydrogens (tertiary/aromatic N) is 2. The first-order valence-electron chi connectivity index (χ1n) is 9.11. The number of amides is 3. The van der Waals surface area contributed by atoms with Gasteiger partial charge in [-0.05, 0) is 27.3 Å². The van der Waals surface area contributed by atoms with E-state index >= 15 is 0 Å². The van der Waals surface area contributed by atoms with Gasteiger partial charge in [0.25, 0.3) is 0 Å². The Morgan fingerprint density at radius 1 is 1.23 bits per heavy atom. The Morgan fingerprint density at radius 3 is 2.15 bits per heavy atom. The lowest BCUT2D eigenvalue weighted by molar-refractivity contribution is -0.141. The predicted octanol–water partition coefficient (Wildman–Crippen LogP) is 1.49. The number of carbonyl (C=O) groups is 4. The van der Waals surface area contributed by atoms with Gasteiger partial charge in [0.05, 0.1) is 6.54 Å². The average molecular weight is 373 g/mol. The minimum absolute atomic E-state index is 0. The molecule has 1 saturated heterocycles. The Kier molecular flexibility index (Phi) is 11.5. The number of likely N-dealkylation sites (N-methyl/N-ethyl adjacent to an activating group) is 1. The monoisotopic (exact) mass is 373 g/mol. The van der Waals surface area contributed by atoms with Crippen LogP contribution in [0.5, 0.6) is 0 Å². The van der Waals surface area contributed by atoms with Crippen LogP contribution in [0.15, 0.2) is 0 Å². The van der Waals surface area contributed by atoms with Crippen molar-refractivity contribution in [1.82, 2.24) is 15.1 Å². The number of nitrogens with one attached hydrogen (secondary N) is 1. The fourth-order valence-electron chi connectivity index (χ4n) is 2.33. The fourth-order valence-corrected chi connectivity index (χ4v) is 2.33. The molecular weight excluding hydrogens is 338 g/mol. The molecule has 0 saturated carbocycles. The third-order valence-electron chi connectivity index (χ3n) is 4.42. The summed E-state index contributed by atoms with van der Waals surface area (Å²) in [4.78, 5) is 46.3. The van der Waals surface area contributed by atoms with E-state index in [1.54, 1.807) is 0 Å². The van der Waals surface area contributed by atoms with Gasteiger partial charge in [-0.2, -0.15) is 0 Å². The second-order valence-corrected chi connectivity index (χ2v) is 6.73. The number of carboxylic acid groups (broad SMARTS) is 1. The summed E-state index contributed by atoms with van der Waals surface area (Å²) in [6, 6.07) is -0.497. The van der Waals surface area contributed by atoms with Crippen molar-refractivity contribution in [2.24, 2.45) is 0 Å². The van der Waals surface area contributed by atoms with Crippen LogP contribution in [0.2, 0.25) is 0 Å². The molecule has 2 N–H and O–H groups in total. The second-order valence-electron chi connectivity index (χ2n) is 6.73. The molecule has 1 heterocycles. The fraction of sp³-hybridized carbons (Fsp3) is 0.778. The van der Waals surface area contributed by atoms with Crippen molar-refractivity contribution in [3.63, 3.8) is 0 Å². The number of unbranched alkanes of at least 4 members (excludes halogenated alkanes) is 2. The maximum Gasteiger partial charge on any atom is 0.325 e. The summed E-state index contributed by atoms with van der Waals surface area (Å²) in [7, 11) is 3.40. The van der Waals surface area contributed by atoms with E-state index in [9.17, 15) is 19.2 Å². The molecular formula is C18H35N3O5. The molecule has 0 aromatic rings. The minimum Gasteiger partial charge on any atom is -0.480 e. The van der Waals surface area contributed by atoms with Crippen molar-refractivity contribution >= 4 is 23.7 Å². The van der Waals surface area contributed by atoms with Crippen LogP contribution >= 0.6 is 0 Å². The standard InChI is InChI=1S/C13H26N2O3.C5H7NO2.H2/c1-5-6-7-8-10(2)15(4)9-12(16)14-11(3)13(17)18;1-6-4(7)2-3-5(6)8;/h10-11H,5-9H2,1-4H3,(H,14,16)(H,17,18);2-3H2,1H3;1H. The van der Waals surface area contributed by atoms with Crippen LogP contribution in [0.3, 0.4) is 0 Å². The van der Waals surface area contributed by atoms with E-state index in [4.69, 9.17) is 5.11 Å². The highest BCUT2D eigenvalue weighted by Gasteiger charge is 2.24. The number of imide groups is 1. The van der Waals surface area contributed by atoms with Crippen molar-refractivity contribution < 1.29 is 25.7 Å². The molecule has 0 radical (unpaired) electrons. The van der Waals surface area contributed by atoms with Gasteiger partial charge < -0.3 is 10.4 Å². The topological polar surface area (TPSA) is 107 Å². The largest absolute Gasteiger partial charge is 0.480 e. The molecule has 3 amide bonds. The van der Waals surface area contributed by atoms with E-state index in [1.807, 2.05) is 11.9 Å². The molecule has 0 aromatic carbocycles. The van der Waals surface area contributed by atoms with Gasteiger partial charge in [-0.25, -0.2) is 0 Å². The van der Waals surface area contributed by atoms with E-state index in [2.05, 4.69) is 19.2 Å². The van der Waals surface area contributed by atoms with Gasteiger partial charge in [0.15, 0.2) is 0 Å². The number of aliphatic carboxylic acids is 1. The Bertz CT molecular complexity index is 485. The zero-order valence-electron chi connectivity index (χ0n) is 16.6. The molecule has 1 aliphatic rings. The van der Waals surface area contributed by atoms with Crippen LogP contribution in [-0.4, -0.2) is 71.3 Å². The highest BCUT2D eigenvalue weighted by atomic mass is 16.4. The summed E-state index contributed by atoms with van der Waals surface area (Å²) >= 11 is 0. The first-order chi connectivity index (χ1) is 12.1. The Labute approximate surface area is 157 Å². The van der Waals surface area contributed by atoms with Crippen LogP contribution in [0.25, 0.3) is 0 Å². The molecule has 1 rings (SSSR count).